The molecule has 0 bridgehead atoms. The number of imide groups is 2. The first-order valence-corrected chi connectivity index (χ1v) is 22.9. The lowest BCUT2D eigenvalue weighted by Crippen LogP contribution is -2.54. The molecule has 2 aliphatic heterocycles. The molecular weight excluding hydrogens is 829 g/mol. The Morgan fingerprint density at radius 1 is 0.952 bits per heavy atom. The van der Waals surface area contributed by atoms with Crippen LogP contribution in [0, 0.1) is 17.3 Å². The summed E-state index contributed by atoms with van der Waals surface area (Å²) in [5.74, 6) is -3.83. The van der Waals surface area contributed by atoms with Crippen LogP contribution in [0.4, 0.5) is 20.2 Å². The van der Waals surface area contributed by atoms with Crippen LogP contribution in [0.3, 0.4) is 0 Å². The number of ether oxygens (including phenoxy) is 1. The van der Waals surface area contributed by atoms with Crippen molar-refractivity contribution in [2.24, 2.45) is 17.3 Å². The summed E-state index contributed by atoms with van der Waals surface area (Å²) < 4.78 is 34.2. The molecular formula is C47H53F2N7O6S. The molecule has 9 rings (SSSR count). The Morgan fingerprint density at radius 2 is 1.70 bits per heavy atom. The molecule has 1 unspecified atom stereocenters. The van der Waals surface area contributed by atoms with Gasteiger partial charge in [0.2, 0.25) is 11.8 Å². The summed E-state index contributed by atoms with van der Waals surface area (Å²) in [6.07, 6.45) is 11.8. The van der Waals surface area contributed by atoms with E-state index in [0.717, 1.165) is 72.1 Å². The van der Waals surface area contributed by atoms with E-state index in [4.69, 9.17) is 9.72 Å². The van der Waals surface area contributed by atoms with Crippen LogP contribution >= 0.6 is 11.3 Å². The van der Waals surface area contributed by atoms with E-state index in [1.54, 1.807) is 23.5 Å². The fourth-order valence-electron chi connectivity index (χ4n) is 10.8. The monoisotopic (exact) mass is 881 g/mol. The van der Waals surface area contributed by atoms with Crippen LogP contribution in [0.2, 0.25) is 0 Å². The smallest absolute Gasteiger partial charge is 0.287 e. The highest BCUT2D eigenvalue weighted by molar-refractivity contribution is 7.18. The first-order valence-electron chi connectivity index (χ1n) is 22.1. The van der Waals surface area contributed by atoms with Crippen molar-refractivity contribution >= 4 is 62.5 Å². The molecule has 63 heavy (non-hydrogen) atoms. The van der Waals surface area contributed by atoms with Crippen molar-refractivity contribution in [2.45, 2.75) is 108 Å². The molecule has 1 atom stereocenters. The molecule has 4 fully saturated rings. The maximum Gasteiger partial charge on any atom is 0.287 e. The molecule has 3 saturated carbocycles. The third-order valence-corrected chi connectivity index (χ3v) is 15.5. The molecule has 332 valence electrons. The molecule has 16 heteroatoms. The number of hydrogen-bond donors (Lipinski definition) is 3. The van der Waals surface area contributed by atoms with Crippen LogP contribution in [0.15, 0.2) is 48.5 Å². The summed E-state index contributed by atoms with van der Waals surface area (Å²) >= 11 is 1.63. The number of amides is 5. The lowest BCUT2D eigenvalue weighted by Gasteiger charge is -2.53. The molecule has 2 aromatic carbocycles. The first-order chi connectivity index (χ1) is 30.2. The normalized spacial score (nSPS) is 26.2. The van der Waals surface area contributed by atoms with Gasteiger partial charge in [0.25, 0.3) is 23.6 Å². The zero-order valence-electron chi connectivity index (χ0n) is 35.8. The largest absolute Gasteiger partial charge is 0.494 e. The Morgan fingerprint density at radius 3 is 2.41 bits per heavy atom. The van der Waals surface area contributed by atoms with Gasteiger partial charge in [-0.15, -0.1) is 11.3 Å². The Balaban J connectivity index is 0.727. The second-order valence-electron chi connectivity index (χ2n) is 18.5. The highest BCUT2D eigenvalue weighted by atomic mass is 32.1. The minimum atomic E-state index is -3.16. The zero-order valence-corrected chi connectivity index (χ0v) is 36.6. The van der Waals surface area contributed by atoms with E-state index >= 15 is 0 Å². The molecule has 13 nitrogen and oxygen atoms in total. The van der Waals surface area contributed by atoms with Crippen molar-refractivity contribution < 1.29 is 37.5 Å². The molecule has 3 aliphatic carbocycles. The lowest BCUT2D eigenvalue weighted by molar-refractivity contribution is -0.136. The van der Waals surface area contributed by atoms with Crippen LogP contribution in [0.1, 0.15) is 132 Å². The van der Waals surface area contributed by atoms with E-state index in [1.807, 2.05) is 18.2 Å². The van der Waals surface area contributed by atoms with Gasteiger partial charge in [-0.2, -0.15) is 8.78 Å². The van der Waals surface area contributed by atoms with E-state index in [2.05, 4.69) is 32.9 Å². The van der Waals surface area contributed by atoms with Gasteiger partial charge in [0, 0.05) is 50.1 Å². The molecule has 1 saturated heterocycles. The van der Waals surface area contributed by atoms with E-state index in [9.17, 15) is 32.8 Å². The number of methoxy groups -OCH3 is 1. The summed E-state index contributed by atoms with van der Waals surface area (Å²) in [5, 5.41) is 9.61. The van der Waals surface area contributed by atoms with Gasteiger partial charge in [0.15, 0.2) is 0 Å². The van der Waals surface area contributed by atoms with Gasteiger partial charge in [-0.05, 0) is 125 Å². The summed E-state index contributed by atoms with van der Waals surface area (Å²) in [6, 6.07) is 12.5. The van der Waals surface area contributed by atoms with Gasteiger partial charge in [0.05, 0.1) is 39.1 Å². The standard InChI is InChI=1S/C47H53F2N7O6S/c1-46(48,49)38-9-5-8-32(51-38)41(58)52-33-21-37-34(20-36(33)62-3)53-43(63-37)28-12-10-26(11-13-28)25-55(2)29-16-18-47(19-17-29)22-27(23-47)24-50-31-7-4-6-30-40(31)45(61)56(44(30)60)35-14-15-39(57)54-42(35)59/h4-9,20-21,26-29,35,50H,10-19,22-25H2,1-3H3,(H,52,58)(H,54,57,59). The third-order valence-electron chi connectivity index (χ3n) is 14.3. The molecule has 5 amide bonds. The number of thiazole rings is 1. The summed E-state index contributed by atoms with van der Waals surface area (Å²) in [7, 11) is 3.81. The number of aromatic nitrogens is 2. The predicted octanol–water partition coefficient (Wildman–Crippen LogP) is 8.12. The van der Waals surface area contributed by atoms with E-state index in [-0.39, 0.29) is 18.5 Å². The number of halogens is 2. The second-order valence-corrected chi connectivity index (χ2v) is 19.6. The number of nitrogens with zero attached hydrogens (tertiary/aromatic N) is 4. The average Bonchev–Trinajstić information content (AvgIpc) is 3.79. The maximum atomic E-state index is 13.9. The van der Waals surface area contributed by atoms with E-state index < -0.39 is 47.2 Å². The average molecular weight is 882 g/mol. The van der Waals surface area contributed by atoms with E-state index in [1.165, 1.54) is 51.0 Å². The molecule has 1 spiro atoms. The number of nitrogens with one attached hydrogen (secondary N) is 3. The van der Waals surface area contributed by atoms with Gasteiger partial charge < -0.3 is 20.3 Å². The predicted molar refractivity (Wildman–Crippen MR) is 234 cm³/mol. The van der Waals surface area contributed by atoms with Gasteiger partial charge in [0.1, 0.15) is 23.2 Å². The lowest BCUT2D eigenvalue weighted by atomic mass is 9.55. The molecule has 4 aromatic rings. The fraction of sp³-hybridized carbons (Fsp3) is 0.511. The van der Waals surface area contributed by atoms with Crippen molar-refractivity contribution in [3.8, 4) is 5.75 Å². The van der Waals surface area contributed by atoms with Crippen LogP contribution in [0.25, 0.3) is 10.2 Å². The van der Waals surface area contributed by atoms with Gasteiger partial charge in [-0.1, -0.05) is 12.1 Å². The minimum Gasteiger partial charge on any atom is -0.494 e. The third kappa shape index (κ3) is 8.55. The molecule has 2 aromatic heterocycles. The quantitative estimate of drug-likeness (QED) is 0.119. The zero-order chi connectivity index (χ0) is 44.2. The summed E-state index contributed by atoms with van der Waals surface area (Å²) in [4.78, 5) is 76.5. The van der Waals surface area contributed by atoms with Gasteiger partial charge in [-0.3, -0.25) is 34.2 Å². The van der Waals surface area contributed by atoms with E-state index in [0.29, 0.717) is 64.0 Å². The van der Waals surface area contributed by atoms with Gasteiger partial charge >= 0.3 is 0 Å². The second kappa shape index (κ2) is 17.0. The molecule has 4 heterocycles. The van der Waals surface area contributed by atoms with Crippen LogP contribution in [-0.4, -0.2) is 88.6 Å². The Kier molecular flexibility index (Phi) is 11.6. The van der Waals surface area contributed by atoms with Crippen LogP contribution in [-0.2, 0) is 15.5 Å². The summed E-state index contributed by atoms with van der Waals surface area (Å²) in [5.41, 5.74) is 2.25. The number of hydrogen-bond acceptors (Lipinski definition) is 11. The van der Waals surface area contributed by atoms with Crippen LogP contribution in [0.5, 0.6) is 5.75 Å². The minimum absolute atomic E-state index is 0.0876. The van der Waals surface area contributed by atoms with Crippen molar-refractivity contribution in [2.75, 3.05) is 37.9 Å². The maximum absolute atomic E-state index is 13.9. The number of rotatable bonds is 12. The number of anilines is 2. The van der Waals surface area contributed by atoms with Crippen molar-refractivity contribution in [1.82, 2.24) is 25.1 Å². The highest BCUT2D eigenvalue weighted by Crippen LogP contribution is 2.55. The Hall–Kier alpha value is -5.35. The highest BCUT2D eigenvalue weighted by Gasteiger charge is 2.48. The Bertz CT molecular complexity index is 2470. The molecule has 3 N–H and O–H groups in total. The molecule has 5 aliphatic rings. The SMILES string of the molecule is COc1cc2nc(C3CCC(CN(C)C4CCC5(CC4)CC(CNc4cccc6c4C(=O)N(C4CCC(=O)NC4=O)C6=O)C5)CC3)sc2cc1NC(=O)c1cccc(C(C)(F)F)n1. The molecule has 0 radical (unpaired) electrons. The van der Waals surface area contributed by atoms with Crippen molar-refractivity contribution in [3.05, 3.63) is 76.1 Å². The number of alkyl halides is 2. The number of pyridine rings is 1. The summed E-state index contributed by atoms with van der Waals surface area (Å²) in [6.45, 7) is 2.56. The fourth-order valence-corrected chi connectivity index (χ4v) is 12.0. The van der Waals surface area contributed by atoms with Crippen LogP contribution < -0.4 is 20.7 Å². The number of piperidine rings is 1. The number of benzene rings is 2. The first kappa shape index (κ1) is 42.9. The number of carbonyl (C=O) groups is 5. The van der Waals surface area contributed by atoms with Crippen molar-refractivity contribution in [3.63, 3.8) is 0 Å². The van der Waals surface area contributed by atoms with Gasteiger partial charge in [-0.25, -0.2) is 9.97 Å². The topological polar surface area (TPSA) is 163 Å². The van der Waals surface area contributed by atoms with Crippen molar-refractivity contribution in [1.29, 1.82) is 0 Å². The Labute approximate surface area is 368 Å². The number of carbonyl (C=O) groups excluding carboxylic acids is 5. The number of fused-ring (bicyclic) bond motifs is 2.